The topological polar surface area (TPSA) is 73.9 Å². The Morgan fingerprint density at radius 1 is 1.32 bits per heavy atom. The van der Waals surface area contributed by atoms with Crippen molar-refractivity contribution in [3.63, 3.8) is 0 Å². The van der Waals surface area contributed by atoms with Gasteiger partial charge in [-0.15, -0.1) is 5.92 Å². The minimum atomic E-state index is -1.01. The van der Waals surface area contributed by atoms with Crippen molar-refractivity contribution >= 4 is 27.8 Å². The number of amides is 1. The van der Waals surface area contributed by atoms with Crippen LogP contribution in [0.4, 0.5) is 0 Å². The fourth-order valence-corrected chi connectivity index (χ4v) is 4.31. The van der Waals surface area contributed by atoms with Gasteiger partial charge < -0.3 is 19.5 Å². The monoisotopic (exact) mass is 451 g/mol. The number of hydrogen-bond donors (Lipinski definition) is 1. The Labute approximate surface area is 174 Å². The average molecular weight is 452 g/mol. The summed E-state index contributed by atoms with van der Waals surface area (Å²) in [7, 11) is 4.52. The number of rotatable bonds is 7. The van der Waals surface area contributed by atoms with Crippen molar-refractivity contribution in [1.82, 2.24) is 5.32 Å². The molecular weight excluding hydrogens is 426 g/mol. The lowest BCUT2D eigenvalue weighted by Crippen LogP contribution is -2.54. The van der Waals surface area contributed by atoms with Gasteiger partial charge in [0.1, 0.15) is 11.3 Å². The normalized spacial score (nSPS) is 20.8. The van der Waals surface area contributed by atoms with Crippen molar-refractivity contribution in [3.8, 4) is 17.6 Å². The van der Waals surface area contributed by atoms with Crippen molar-refractivity contribution < 1.29 is 23.8 Å². The first-order valence-electron chi connectivity index (χ1n) is 9.06. The molecule has 1 saturated carbocycles. The number of benzene rings is 1. The van der Waals surface area contributed by atoms with E-state index in [0.717, 1.165) is 16.5 Å². The van der Waals surface area contributed by atoms with Gasteiger partial charge in [0.2, 0.25) is 5.91 Å². The zero-order chi connectivity index (χ0) is 20.7. The molecule has 0 unspecified atom stereocenters. The third-order valence-electron chi connectivity index (χ3n) is 4.95. The van der Waals surface area contributed by atoms with Gasteiger partial charge in [0.05, 0.1) is 20.6 Å². The van der Waals surface area contributed by atoms with E-state index < -0.39 is 11.5 Å². The first-order chi connectivity index (χ1) is 13.4. The number of hydrogen-bond acceptors (Lipinski definition) is 5. The third-order valence-corrected chi connectivity index (χ3v) is 5.66. The van der Waals surface area contributed by atoms with Crippen LogP contribution < -0.4 is 10.1 Å². The summed E-state index contributed by atoms with van der Waals surface area (Å²) in [5.41, 5.74) is 0.482. The molecule has 2 atom stereocenters. The van der Waals surface area contributed by atoms with Gasteiger partial charge in [0.15, 0.2) is 0 Å². The smallest absolute Gasteiger partial charge is 0.331 e. The first kappa shape index (κ1) is 22.3. The van der Waals surface area contributed by atoms with Crippen LogP contribution in [-0.2, 0) is 25.5 Å². The largest absolute Gasteiger partial charge is 0.496 e. The van der Waals surface area contributed by atoms with E-state index >= 15 is 0 Å². The lowest BCUT2D eigenvalue weighted by molar-refractivity contribution is -0.150. The van der Waals surface area contributed by atoms with Gasteiger partial charge in [-0.25, -0.2) is 4.79 Å². The molecule has 0 heterocycles. The van der Waals surface area contributed by atoms with E-state index in [-0.39, 0.29) is 18.2 Å². The van der Waals surface area contributed by atoms with Gasteiger partial charge in [0.25, 0.3) is 0 Å². The standard InChI is InChI=1S/C21H26BrNO5/c1-5-6-14-9-17(22)16(18(10-14)27-3)11-19(24)23-21(20(25)28-4)8-7-15(12-21)13-26-2/h9-10,15H,7-8,11-13H2,1-4H3,(H,23,24)/t15-,21+/m1/s1. The van der Waals surface area contributed by atoms with Crippen LogP contribution in [0.5, 0.6) is 5.75 Å². The molecule has 0 aliphatic heterocycles. The van der Waals surface area contributed by atoms with Crippen LogP contribution in [0.1, 0.15) is 37.3 Å². The highest BCUT2D eigenvalue weighted by Crippen LogP contribution is 2.36. The van der Waals surface area contributed by atoms with E-state index in [1.165, 1.54) is 7.11 Å². The zero-order valence-corrected chi connectivity index (χ0v) is 18.3. The van der Waals surface area contributed by atoms with Crippen LogP contribution in [0.3, 0.4) is 0 Å². The Kier molecular flexibility index (Phi) is 7.90. The SMILES string of the molecule is CC#Cc1cc(Br)c(CC(=O)N[C@@]2(C(=O)OC)CC[C@@H](COC)C2)c(OC)c1. The van der Waals surface area contributed by atoms with Crippen molar-refractivity contribution in [1.29, 1.82) is 0 Å². The van der Waals surface area contributed by atoms with E-state index in [1.54, 1.807) is 27.2 Å². The van der Waals surface area contributed by atoms with Crippen LogP contribution in [0.25, 0.3) is 0 Å². The Balaban J connectivity index is 2.21. The first-order valence-corrected chi connectivity index (χ1v) is 9.86. The minimum Gasteiger partial charge on any atom is -0.496 e. The predicted octanol–water partition coefficient (Wildman–Crippen LogP) is 2.85. The summed E-state index contributed by atoms with van der Waals surface area (Å²) in [5.74, 6) is 5.91. The van der Waals surface area contributed by atoms with Gasteiger partial charge in [0, 0.05) is 29.3 Å². The van der Waals surface area contributed by atoms with Gasteiger partial charge in [-0.2, -0.15) is 0 Å². The quantitative estimate of drug-likeness (QED) is 0.509. The Hall–Kier alpha value is -2.04. The molecule has 1 fully saturated rings. The summed E-state index contributed by atoms with van der Waals surface area (Å²) in [4.78, 5) is 25.3. The number of carbonyl (C=O) groups excluding carboxylic acids is 2. The van der Waals surface area contributed by atoms with Crippen molar-refractivity contribution in [2.75, 3.05) is 27.9 Å². The van der Waals surface area contributed by atoms with Crippen molar-refractivity contribution in [3.05, 3.63) is 27.7 Å². The highest BCUT2D eigenvalue weighted by Gasteiger charge is 2.47. The summed E-state index contributed by atoms with van der Waals surface area (Å²) in [6.45, 7) is 2.31. The summed E-state index contributed by atoms with van der Waals surface area (Å²) in [6, 6.07) is 3.64. The molecular formula is C21H26BrNO5. The summed E-state index contributed by atoms with van der Waals surface area (Å²) in [6.07, 6.45) is 1.89. The molecule has 1 amide bonds. The maximum atomic E-state index is 12.8. The molecule has 2 rings (SSSR count). The molecule has 0 spiro atoms. The number of nitrogens with one attached hydrogen (secondary N) is 1. The number of esters is 1. The Bertz CT molecular complexity index is 798. The van der Waals surface area contributed by atoms with Gasteiger partial charge in [-0.05, 0) is 44.2 Å². The Morgan fingerprint density at radius 3 is 2.68 bits per heavy atom. The molecule has 1 aliphatic carbocycles. The fraction of sp³-hybridized carbons (Fsp3) is 0.524. The van der Waals surface area contributed by atoms with Gasteiger partial charge in [-0.1, -0.05) is 21.9 Å². The van der Waals surface area contributed by atoms with Crippen LogP contribution in [-0.4, -0.2) is 45.4 Å². The second-order valence-electron chi connectivity index (χ2n) is 6.88. The summed E-state index contributed by atoms with van der Waals surface area (Å²) < 4.78 is 16.4. The fourth-order valence-electron chi connectivity index (χ4n) is 3.72. The van der Waals surface area contributed by atoms with E-state index in [2.05, 4.69) is 33.1 Å². The molecule has 0 radical (unpaired) electrons. The van der Waals surface area contributed by atoms with Gasteiger partial charge in [-0.3, -0.25) is 4.79 Å². The molecule has 1 aromatic rings. The molecule has 1 aliphatic rings. The minimum absolute atomic E-state index is 0.0667. The molecule has 0 saturated heterocycles. The molecule has 6 nitrogen and oxygen atoms in total. The molecule has 7 heteroatoms. The van der Waals surface area contributed by atoms with E-state index in [9.17, 15) is 9.59 Å². The van der Waals surface area contributed by atoms with Gasteiger partial charge >= 0.3 is 5.97 Å². The van der Waals surface area contributed by atoms with Crippen LogP contribution >= 0.6 is 15.9 Å². The zero-order valence-electron chi connectivity index (χ0n) is 16.7. The van der Waals surface area contributed by atoms with Crippen LogP contribution in [0.15, 0.2) is 16.6 Å². The van der Waals surface area contributed by atoms with Crippen LogP contribution in [0.2, 0.25) is 0 Å². The highest BCUT2D eigenvalue weighted by atomic mass is 79.9. The maximum absolute atomic E-state index is 12.8. The number of ether oxygens (including phenoxy) is 3. The van der Waals surface area contributed by atoms with Crippen molar-refractivity contribution in [2.45, 2.75) is 38.1 Å². The van der Waals surface area contributed by atoms with E-state index in [1.807, 2.05) is 6.07 Å². The second kappa shape index (κ2) is 9.94. The predicted molar refractivity (Wildman–Crippen MR) is 109 cm³/mol. The van der Waals surface area contributed by atoms with Crippen LogP contribution in [0, 0.1) is 17.8 Å². The molecule has 0 aromatic heterocycles. The summed E-state index contributed by atoms with van der Waals surface area (Å²) >= 11 is 3.50. The number of methoxy groups -OCH3 is 3. The second-order valence-corrected chi connectivity index (χ2v) is 7.73. The summed E-state index contributed by atoms with van der Waals surface area (Å²) in [5, 5.41) is 2.92. The lowest BCUT2D eigenvalue weighted by atomic mass is 9.95. The third kappa shape index (κ3) is 5.06. The number of carbonyl (C=O) groups is 2. The van der Waals surface area contributed by atoms with E-state index in [0.29, 0.717) is 30.8 Å². The molecule has 1 N–H and O–H groups in total. The average Bonchev–Trinajstić information content (AvgIpc) is 3.07. The molecule has 152 valence electrons. The van der Waals surface area contributed by atoms with Crippen molar-refractivity contribution in [2.24, 2.45) is 5.92 Å². The number of halogens is 1. The molecule has 28 heavy (non-hydrogen) atoms. The Morgan fingerprint density at radius 2 is 2.07 bits per heavy atom. The van der Waals surface area contributed by atoms with E-state index in [4.69, 9.17) is 14.2 Å². The highest BCUT2D eigenvalue weighted by molar-refractivity contribution is 9.10. The lowest BCUT2D eigenvalue weighted by Gasteiger charge is -2.28. The molecule has 0 bridgehead atoms. The molecule has 1 aromatic carbocycles. The maximum Gasteiger partial charge on any atom is 0.331 e.